The molecule has 0 radical (unpaired) electrons. The van der Waals surface area contributed by atoms with Crippen LogP contribution in [0.1, 0.15) is 36.5 Å². The number of ether oxygens (including phenoxy) is 1. The zero-order chi connectivity index (χ0) is 13.4. The summed E-state index contributed by atoms with van der Waals surface area (Å²) in [6.45, 7) is 1.90. The van der Waals surface area contributed by atoms with E-state index in [4.69, 9.17) is 14.6 Å². The summed E-state index contributed by atoms with van der Waals surface area (Å²) >= 11 is 0. The standard InChI is InChI=1S/C12H14O2.C2H4O2/c13-12(9-11-7-4-8-14-11)10-5-2-1-3-6-10;1-2(3)4/h1-3,5-6,11H,4,7-9H2;1H3,(H,3,4). The molecule has 0 aromatic heterocycles. The molecule has 0 spiro atoms. The SMILES string of the molecule is CC(=O)O.O=C(CC1CCCO1)c1ccccc1. The lowest BCUT2D eigenvalue weighted by atomic mass is 10.0. The van der Waals surface area contributed by atoms with E-state index < -0.39 is 5.97 Å². The number of ketones is 1. The number of rotatable bonds is 3. The van der Waals surface area contributed by atoms with Crippen molar-refractivity contribution < 1.29 is 19.4 Å². The Morgan fingerprint density at radius 1 is 1.33 bits per heavy atom. The Hall–Kier alpha value is -1.68. The second-order valence-electron chi connectivity index (χ2n) is 4.15. The molecule has 0 saturated carbocycles. The summed E-state index contributed by atoms with van der Waals surface area (Å²) in [6, 6.07) is 9.42. The maximum atomic E-state index is 11.7. The summed E-state index contributed by atoms with van der Waals surface area (Å²) in [5.74, 6) is -0.641. The lowest BCUT2D eigenvalue weighted by molar-refractivity contribution is -0.134. The third-order valence-corrected chi connectivity index (χ3v) is 2.53. The average Bonchev–Trinajstić information content (AvgIpc) is 2.82. The van der Waals surface area contributed by atoms with Gasteiger partial charge < -0.3 is 9.84 Å². The molecule has 98 valence electrons. The Labute approximate surface area is 107 Å². The number of carboxylic acid groups (broad SMARTS) is 1. The number of carbonyl (C=O) groups is 2. The van der Waals surface area contributed by atoms with Gasteiger partial charge in [-0.2, -0.15) is 0 Å². The second-order valence-corrected chi connectivity index (χ2v) is 4.15. The molecule has 18 heavy (non-hydrogen) atoms. The average molecular weight is 250 g/mol. The molecule has 0 bridgehead atoms. The van der Waals surface area contributed by atoms with E-state index in [0.29, 0.717) is 6.42 Å². The van der Waals surface area contributed by atoms with Gasteiger partial charge in [0.2, 0.25) is 0 Å². The van der Waals surface area contributed by atoms with Crippen LogP contribution in [-0.2, 0) is 9.53 Å². The topological polar surface area (TPSA) is 63.6 Å². The van der Waals surface area contributed by atoms with Gasteiger partial charge in [-0.3, -0.25) is 9.59 Å². The number of carbonyl (C=O) groups excluding carboxylic acids is 1. The molecule has 1 atom stereocenters. The summed E-state index contributed by atoms with van der Waals surface area (Å²) in [5.41, 5.74) is 0.794. The van der Waals surface area contributed by atoms with Crippen molar-refractivity contribution in [1.82, 2.24) is 0 Å². The van der Waals surface area contributed by atoms with Crippen LogP contribution in [0.2, 0.25) is 0 Å². The number of hydrogen-bond donors (Lipinski definition) is 1. The van der Waals surface area contributed by atoms with Crippen LogP contribution in [0.4, 0.5) is 0 Å². The molecule has 1 fully saturated rings. The summed E-state index contributed by atoms with van der Waals surface area (Å²) in [7, 11) is 0. The Balaban J connectivity index is 0.000000357. The number of aliphatic carboxylic acids is 1. The molecule has 1 saturated heterocycles. The van der Waals surface area contributed by atoms with Gasteiger partial charge in [0, 0.05) is 25.5 Å². The van der Waals surface area contributed by atoms with Gasteiger partial charge in [-0.25, -0.2) is 0 Å². The number of Topliss-reactive ketones (excluding diaryl/α,β-unsaturated/α-hetero) is 1. The molecule has 0 amide bonds. The number of hydrogen-bond acceptors (Lipinski definition) is 3. The first-order valence-electron chi connectivity index (χ1n) is 5.99. The lowest BCUT2D eigenvalue weighted by Gasteiger charge is -2.07. The van der Waals surface area contributed by atoms with Crippen molar-refractivity contribution in [2.45, 2.75) is 32.3 Å². The van der Waals surface area contributed by atoms with Crippen molar-refractivity contribution in [2.24, 2.45) is 0 Å². The van der Waals surface area contributed by atoms with Gasteiger partial charge in [-0.05, 0) is 12.8 Å². The van der Waals surface area contributed by atoms with Gasteiger partial charge in [-0.1, -0.05) is 30.3 Å². The highest BCUT2D eigenvalue weighted by Gasteiger charge is 2.19. The van der Waals surface area contributed by atoms with Crippen LogP contribution in [0.25, 0.3) is 0 Å². The molecule has 1 N–H and O–H groups in total. The fourth-order valence-corrected chi connectivity index (χ4v) is 1.75. The highest BCUT2D eigenvalue weighted by atomic mass is 16.5. The Kier molecular flexibility index (Phi) is 6.08. The molecule has 0 aliphatic carbocycles. The number of benzene rings is 1. The van der Waals surface area contributed by atoms with Crippen molar-refractivity contribution in [3.05, 3.63) is 35.9 Å². The summed E-state index contributed by atoms with van der Waals surface area (Å²) < 4.78 is 5.42. The minimum atomic E-state index is -0.833. The van der Waals surface area contributed by atoms with Crippen LogP contribution < -0.4 is 0 Å². The molecule has 2 rings (SSSR count). The minimum Gasteiger partial charge on any atom is -0.481 e. The van der Waals surface area contributed by atoms with Crippen LogP contribution in [-0.4, -0.2) is 29.6 Å². The van der Waals surface area contributed by atoms with Gasteiger partial charge >= 0.3 is 0 Å². The van der Waals surface area contributed by atoms with Gasteiger partial charge in [-0.15, -0.1) is 0 Å². The minimum absolute atomic E-state index is 0.155. The highest BCUT2D eigenvalue weighted by molar-refractivity contribution is 5.96. The van der Waals surface area contributed by atoms with E-state index in [1.807, 2.05) is 30.3 Å². The lowest BCUT2D eigenvalue weighted by Crippen LogP contribution is -2.12. The zero-order valence-electron chi connectivity index (χ0n) is 10.5. The van der Waals surface area contributed by atoms with Crippen LogP contribution in [0, 0.1) is 0 Å². The Morgan fingerprint density at radius 2 is 1.94 bits per heavy atom. The predicted octanol–water partition coefficient (Wildman–Crippen LogP) is 2.53. The maximum Gasteiger partial charge on any atom is 0.300 e. The summed E-state index contributed by atoms with van der Waals surface area (Å²) in [6.07, 6.45) is 2.80. The second kappa shape index (κ2) is 7.61. The molecular weight excluding hydrogens is 232 g/mol. The van der Waals surface area contributed by atoms with E-state index in [1.165, 1.54) is 0 Å². The van der Waals surface area contributed by atoms with E-state index in [1.54, 1.807) is 0 Å². The molecule has 4 heteroatoms. The first-order chi connectivity index (χ1) is 8.59. The van der Waals surface area contributed by atoms with E-state index in [-0.39, 0.29) is 11.9 Å². The molecule has 1 unspecified atom stereocenters. The van der Waals surface area contributed by atoms with Crippen molar-refractivity contribution >= 4 is 11.8 Å². The van der Waals surface area contributed by atoms with Crippen molar-refractivity contribution in [1.29, 1.82) is 0 Å². The summed E-state index contributed by atoms with van der Waals surface area (Å²) in [5, 5.41) is 7.42. The van der Waals surface area contributed by atoms with Crippen molar-refractivity contribution in [2.75, 3.05) is 6.61 Å². The van der Waals surface area contributed by atoms with Gasteiger partial charge in [0.1, 0.15) is 0 Å². The van der Waals surface area contributed by atoms with Crippen LogP contribution in [0.3, 0.4) is 0 Å². The highest BCUT2D eigenvalue weighted by Crippen LogP contribution is 2.17. The van der Waals surface area contributed by atoms with Gasteiger partial charge in [0.15, 0.2) is 5.78 Å². The first kappa shape index (κ1) is 14.4. The van der Waals surface area contributed by atoms with Crippen LogP contribution in [0.15, 0.2) is 30.3 Å². The summed E-state index contributed by atoms with van der Waals surface area (Å²) in [4.78, 5) is 20.7. The van der Waals surface area contributed by atoms with E-state index in [2.05, 4.69) is 0 Å². The predicted molar refractivity (Wildman–Crippen MR) is 67.7 cm³/mol. The first-order valence-corrected chi connectivity index (χ1v) is 5.99. The van der Waals surface area contributed by atoms with Crippen LogP contribution in [0.5, 0.6) is 0 Å². The Morgan fingerprint density at radius 3 is 2.44 bits per heavy atom. The molecule has 1 heterocycles. The van der Waals surface area contributed by atoms with E-state index in [0.717, 1.165) is 31.9 Å². The van der Waals surface area contributed by atoms with Crippen molar-refractivity contribution in [3.8, 4) is 0 Å². The third-order valence-electron chi connectivity index (χ3n) is 2.53. The maximum absolute atomic E-state index is 11.7. The fraction of sp³-hybridized carbons (Fsp3) is 0.429. The Bertz CT molecular complexity index is 376. The third kappa shape index (κ3) is 5.59. The normalized spacial score (nSPS) is 17.7. The number of carboxylic acids is 1. The van der Waals surface area contributed by atoms with Crippen molar-refractivity contribution in [3.63, 3.8) is 0 Å². The quantitative estimate of drug-likeness (QED) is 0.837. The fourth-order valence-electron chi connectivity index (χ4n) is 1.75. The van der Waals surface area contributed by atoms with Gasteiger partial charge in [0.25, 0.3) is 5.97 Å². The van der Waals surface area contributed by atoms with E-state index >= 15 is 0 Å². The van der Waals surface area contributed by atoms with E-state index in [9.17, 15) is 4.79 Å². The largest absolute Gasteiger partial charge is 0.481 e. The zero-order valence-corrected chi connectivity index (χ0v) is 10.5. The molecule has 1 aromatic carbocycles. The van der Waals surface area contributed by atoms with Crippen LogP contribution >= 0.6 is 0 Å². The monoisotopic (exact) mass is 250 g/mol. The van der Waals surface area contributed by atoms with Gasteiger partial charge in [0.05, 0.1) is 6.10 Å². The molecule has 1 aliphatic rings. The molecule has 4 nitrogen and oxygen atoms in total. The molecule has 1 aliphatic heterocycles. The molecular formula is C14H18O4. The smallest absolute Gasteiger partial charge is 0.300 e. The molecule has 1 aromatic rings.